The minimum absolute atomic E-state index is 0.0317. The SMILES string of the molecule is CC(C)(C)CC(=O)N[C@H](Cc1ccccc1)c1nc(-c2cccc(C(F)(F)F)c2)no1. The molecular weight excluding hydrogens is 407 g/mol. The highest BCUT2D eigenvalue weighted by atomic mass is 19.4. The molecule has 0 bridgehead atoms. The Morgan fingerprint density at radius 2 is 1.77 bits per heavy atom. The van der Waals surface area contributed by atoms with Crippen LogP contribution in [0.15, 0.2) is 59.1 Å². The maximum absolute atomic E-state index is 13.0. The Balaban J connectivity index is 1.88. The monoisotopic (exact) mass is 431 g/mol. The molecule has 0 saturated carbocycles. The molecule has 2 aromatic carbocycles. The summed E-state index contributed by atoms with van der Waals surface area (Å²) in [7, 11) is 0. The lowest BCUT2D eigenvalue weighted by Crippen LogP contribution is -2.32. The molecular formula is C23H24F3N3O2. The van der Waals surface area contributed by atoms with Crippen molar-refractivity contribution in [1.29, 1.82) is 0 Å². The van der Waals surface area contributed by atoms with Crippen LogP contribution in [0.2, 0.25) is 0 Å². The van der Waals surface area contributed by atoms with Gasteiger partial charge in [-0.25, -0.2) is 0 Å². The Hall–Kier alpha value is -3.16. The van der Waals surface area contributed by atoms with Gasteiger partial charge in [0.05, 0.1) is 5.56 Å². The molecule has 1 atom stereocenters. The Bertz CT molecular complexity index is 1020. The summed E-state index contributed by atoms with van der Waals surface area (Å²) >= 11 is 0. The number of halogens is 3. The molecule has 0 aliphatic rings. The normalized spacial score (nSPS) is 13.1. The second-order valence-corrected chi connectivity index (χ2v) is 8.58. The number of nitrogens with one attached hydrogen (secondary N) is 1. The van der Waals surface area contributed by atoms with Crippen molar-refractivity contribution in [3.63, 3.8) is 0 Å². The average molecular weight is 431 g/mol. The topological polar surface area (TPSA) is 68.0 Å². The van der Waals surface area contributed by atoms with E-state index >= 15 is 0 Å². The zero-order valence-electron chi connectivity index (χ0n) is 17.5. The lowest BCUT2D eigenvalue weighted by Gasteiger charge is -2.20. The van der Waals surface area contributed by atoms with Crippen LogP contribution in [-0.4, -0.2) is 16.0 Å². The summed E-state index contributed by atoms with van der Waals surface area (Å²) in [6.07, 6.45) is -3.77. The third kappa shape index (κ3) is 6.41. The van der Waals surface area contributed by atoms with E-state index in [0.29, 0.717) is 12.8 Å². The van der Waals surface area contributed by atoms with Crippen molar-refractivity contribution in [2.75, 3.05) is 0 Å². The molecule has 0 spiro atoms. The molecule has 164 valence electrons. The first-order valence-electron chi connectivity index (χ1n) is 9.86. The molecule has 3 rings (SSSR count). The van der Waals surface area contributed by atoms with E-state index in [-0.39, 0.29) is 28.6 Å². The predicted molar refractivity (Wildman–Crippen MR) is 110 cm³/mol. The van der Waals surface area contributed by atoms with Crippen molar-refractivity contribution in [2.24, 2.45) is 5.41 Å². The molecule has 0 saturated heterocycles. The summed E-state index contributed by atoms with van der Waals surface area (Å²) in [5.41, 5.74) is 0.127. The van der Waals surface area contributed by atoms with Gasteiger partial charge in [-0.05, 0) is 23.1 Å². The molecule has 8 heteroatoms. The van der Waals surface area contributed by atoms with Crippen molar-refractivity contribution in [1.82, 2.24) is 15.5 Å². The summed E-state index contributed by atoms with van der Waals surface area (Å²) in [6, 6.07) is 13.6. The molecule has 1 heterocycles. The van der Waals surface area contributed by atoms with Gasteiger partial charge in [-0.1, -0.05) is 68.4 Å². The number of benzene rings is 2. The smallest absolute Gasteiger partial charge is 0.344 e. The van der Waals surface area contributed by atoms with Crippen LogP contribution in [0.5, 0.6) is 0 Å². The number of rotatable bonds is 6. The van der Waals surface area contributed by atoms with Gasteiger partial charge >= 0.3 is 6.18 Å². The van der Waals surface area contributed by atoms with Crippen LogP contribution in [0.1, 0.15) is 50.3 Å². The van der Waals surface area contributed by atoms with Crippen LogP contribution >= 0.6 is 0 Å². The predicted octanol–water partition coefficient (Wildman–Crippen LogP) is 5.59. The first-order valence-corrected chi connectivity index (χ1v) is 9.86. The molecule has 5 nitrogen and oxygen atoms in total. The zero-order valence-corrected chi connectivity index (χ0v) is 17.5. The molecule has 0 aliphatic carbocycles. The van der Waals surface area contributed by atoms with Crippen LogP contribution in [-0.2, 0) is 17.4 Å². The number of alkyl halides is 3. The van der Waals surface area contributed by atoms with E-state index in [1.54, 1.807) is 0 Å². The van der Waals surface area contributed by atoms with Crippen LogP contribution in [0, 0.1) is 5.41 Å². The van der Waals surface area contributed by atoms with Gasteiger partial charge in [0.1, 0.15) is 6.04 Å². The Kier molecular flexibility index (Phi) is 6.48. The fourth-order valence-electron chi connectivity index (χ4n) is 3.11. The number of hydrogen-bond acceptors (Lipinski definition) is 4. The van der Waals surface area contributed by atoms with E-state index in [9.17, 15) is 18.0 Å². The van der Waals surface area contributed by atoms with E-state index in [4.69, 9.17) is 4.52 Å². The number of nitrogens with zero attached hydrogens (tertiary/aromatic N) is 2. The third-order valence-corrected chi connectivity index (χ3v) is 4.50. The highest BCUT2D eigenvalue weighted by Gasteiger charge is 2.31. The summed E-state index contributed by atoms with van der Waals surface area (Å²) in [6.45, 7) is 5.87. The molecule has 1 amide bonds. The largest absolute Gasteiger partial charge is 0.416 e. The summed E-state index contributed by atoms with van der Waals surface area (Å²) in [5, 5.41) is 6.77. The highest BCUT2D eigenvalue weighted by molar-refractivity contribution is 5.77. The van der Waals surface area contributed by atoms with Gasteiger partial charge in [0, 0.05) is 18.4 Å². The van der Waals surface area contributed by atoms with Crippen molar-refractivity contribution >= 4 is 5.91 Å². The maximum atomic E-state index is 13.0. The van der Waals surface area contributed by atoms with Gasteiger partial charge in [-0.3, -0.25) is 4.79 Å². The summed E-state index contributed by atoms with van der Waals surface area (Å²) < 4.78 is 44.4. The molecule has 0 fully saturated rings. The number of amides is 1. The standard InChI is InChI=1S/C23H24F3N3O2/c1-22(2,3)14-19(30)27-18(12-15-8-5-4-6-9-15)21-28-20(29-31-21)16-10-7-11-17(13-16)23(24,25)26/h4-11,13,18H,12,14H2,1-3H3,(H,27,30)/t18-/m1/s1. The van der Waals surface area contributed by atoms with Crippen molar-refractivity contribution in [3.8, 4) is 11.4 Å². The Morgan fingerprint density at radius 1 is 1.06 bits per heavy atom. The molecule has 1 N–H and O–H groups in total. The quantitative estimate of drug-likeness (QED) is 0.552. The van der Waals surface area contributed by atoms with Gasteiger partial charge in [0.25, 0.3) is 0 Å². The van der Waals surface area contributed by atoms with E-state index in [2.05, 4.69) is 15.5 Å². The molecule has 1 aromatic heterocycles. The van der Waals surface area contributed by atoms with Crippen molar-refractivity contribution in [2.45, 2.75) is 45.8 Å². The Labute approximate surface area is 178 Å². The van der Waals surface area contributed by atoms with E-state index < -0.39 is 17.8 Å². The summed E-state index contributed by atoms with van der Waals surface area (Å²) in [4.78, 5) is 16.8. The number of carbonyl (C=O) groups excluding carboxylic acids is 1. The van der Waals surface area contributed by atoms with Gasteiger partial charge in [-0.2, -0.15) is 18.2 Å². The van der Waals surface area contributed by atoms with Gasteiger partial charge in [0.2, 0.25) is 17.6 Å². The molecule has 0 radical (unpaired) electrons. The van der Waals surface area contributed by atoms with Gasteiger partial charge in [0.15, 0.2) is 0 Å². The number of hydrogen-bond donors (Lipinski definition) is 1. The fourth-order valence-corrected chi connectivity index (χ4v) is 3.11. The average Bonchev–Trinajstić information content (AvgIpc) is 3.16. The van der Waals surface area contributed by atoms with Crippen LogP contribution in [0.3, 0.4) is 0 Å². The molecule has 0 aliphatic heterocycles. The highest BCUT2D eigenvalue weighted by Crippen LogP contribution is 2.32. The first-order chi connectivity index (χ1) is 14.5. The fraction of sp³-hybridized carbons (Fsp3) is 0.348. The number of aromatic nitrogens is 2. The molecule has 0 unspecified atom stereocenters. The Morgan fingerprint density at radius 3 is 2.42 bits per heavy atom. The second-order valence-electron chi connectivity index (χ2n) is 8.58. The van der Waals surface area contributed by atoms with Crippen LogP contribution < -0.4 is 5.32 Å². The molecule has 31 heavy (non-hydrogen) atoms. The van der Waals surface area contributed by atoms with E-state index in [0.717, 1.165) is 17.7 Å². The van der Waals surface area contributed by atoms with Crippen LogP contribution in [0.4, 0.5) is 13.2 Å². The maximum Gasteiger partial charge on any atom is 0.416 e. The lowest BCUT2D eigenvalue weighted by atomic mass is 9.91. The summed E-state index contributed by atoms with van der Waals surface area (Å²) in [5.74, 6) is -0.00462. The van der Waals surface area contributed by atoms with Crippen molar-refractivity contribution < 1.29 is 22.5 Å². The number of carbonyl (C=O) groups is 1. The second kappa shape index (κ2) is 8.91. The first kappa shape index (κ1) is 22.5. The minimum atomic E-state index is -4.47. The molecule has 3 aromatic rings. The van der Waals surface area contributed by atoms with Crippen molar-refractivity contribution in [3.05, 3.63) is 71.6 Å². The van der Waals surface area contributed by atoms with Crippen LogP contribution in [0.25, 0.3) is 11.4 Å². The third-order valence-electron chi connectivity index (χ3n) is 4.50. The van der Waals surface area contributed by atoms with Gasteiger partial charge < -0.3 is 9.84 Å². The minimum Gasteiger partial charge on any atom is -0.344 e. The van der Waals surface area contributed by atoms with E-state index in [1.165, 1.54) is 12.1 Å². The zero-order chi connectivity index (χ0) is 22.6. The lowest BCUT2D eigenvalue weighted by molar-refractivity contribution is -0.137. The van der Waals surface area contributed by atoms with E-state index in [1.807, 2.05) is 51.1 Å². The van der Waals surface area contributed by atoms with Gasteiger partial charge in [-0.15, -0.1) is 0 Å².